The first-order chi connectivity index (χ1) is 12.9. The quantitative estimate of drug-likeness (QED) is 0.696. The SMILES string of the molecule is C[C@H]1CCC[C@H](C)N1C(=O)CSc1ccc(S(=O)(=O)N2CCCCC2)cn1. The highest BCUT2D eigenvalue weighted by molar-refractivity contribution is 7.99. The molecule has 2 aliphatic rings. The molecule has 3 heterocycles. The highest BCUT2D eigenvalue weighted by atomic mass is 32.2. The van der Waals surface area contributed by atoms with Gasteiger partial charge in [-0.1, -0.05) is 18.2 Å². The summed E-state index contributed by atoms with van der Waals surface area (Å²) in [5.41, 5.74) is 0. The van der Waals surface area contributed by atoms with Crippen LogP contribution in [0.3, 0.4) is 0 Å². The largest absolute Gasteiger partial charge is 0.337 e. The van der Waals surface area contributed by atoms with Gasteiger partial charge >= 0.3 is 0 Å². The third kappa shape index (κ3) is 4.84. The molecule has 2 fully saturated rings. The molecule has 2 atom stereocenters. The Labute approximate surface area is 166 Å². The zero-order valence-corrected chi connectivity index (χ0v) is 17.8. The lowest BCUT2D eigenvalue weighted by molar-refractivity contribution is -0.134. The van der Waals surface area contributed by atoms with Crippen molar-refractivity contribution >= 4 is 27.7 Å². The van der Waals surface area contributed by atoms with Crippen LogP contribution in [0, 0.1) is 0 Å². The topological polar surface area (TPSA) is 70.6 Å². The zero-order chi connectivity index (χ0) is 19.4. The minimum absolute atomic E-state index is 0.131. The molecule has 2 aliphatic heterocycles. The van der Waals surface area contributed by atoms with Crippen molar-refractivity contribution in [2.45, 2.75) is 74.4 Å². The molecular weight excluding hydrogens is 382 g/mol. The summed E-state index contributed by atoms with van der Waals surface area (Å²) >= 11 is 1.37. The Morgan fingerprint density at radius 3 is 2.37 bits per heavy atom. The molecule has 150 valence electrons. The van der Waals surface area contributed by atoms with Crippen LogP contribution < -0.4 is 0 Å². The number of thioether (sulfide) groups is 1. The fraction of sp³-hybridized carbons (Fsp3) is 0.684. The van der Waals surface area contributed by atoms with E-state index in [1.54, 1.807) is 16.4 Å². The van der Waals surface area contributed by atoms with Crippen LogP contribution >= 0.6 is 11.8 Å². The summed E-state index contributed by atoms with van der Waals surface area (Å²) in [6, 6.07) is 3.88. The number of amides is 1. The number of aromatic nitrogens is 1. The van der Waals surface area contributed by atoms with E-state index in [0.29, 0.717) is 23.9 Å². The maximum atomic E-state index is 12.7. The van der Waals surface area contributed by atoms with Gasteiger partial charge in [-0.05, 0) is 58.1 Å². The lowest BCUT2D eigenvalue weighted by Crippen LogP contribution is -2.48. The first-order valence-corrected chi connectivity index (χ1v) is 12.2. The smallest absolute Gasteiger partial charge is 0.244 e. The Bertz CT molecular complexity index is 736. The van der Waals surface area contributed by atoms with E-state index in [-0.39, 0.29) is 22.9 Å². The second-order valence-electron chi connectivity index (χ2n) is 7.52. The Morgan fingerprint density at radius 1 is 1.11 bits per heavy atom. The third-order valence-electron chi connectivity index (χ3n) is 5.49. The fourth-order valence-electron chi connectivity index (χ4n) is 3.98. The summed E-state index contributed by atoms with van der Waals surface area (Å²) in [5.74, 6) is 0.464. The molecule has 8 heteroatoms. The van der Waals surface area contributed by atoms with Crippen molar-refractivity contribution < 1.29 is 13.2 Å². The van der Waals surface area contributed by atoms with Crippen molar-refractivity contribution in [2.24, 2.45) is 0 Å². The zero-order valence-electron chi connectivity index (χ0n) is 16.1. The first-order valence-electron chi connectivity index (χ1n) is 9.80. The van der Waals surface area contributed by atoms with Gasteiger partial charge < -0.3 is 4.90 Å². The molecule has 1 aromatic heterocycles. The monoisotopic (exact) mass is 411 g/mol. The highest BCUT2D eigenvalue weighted by Gasteiger charge is 2.29. The van der Waals surface area contributed by atoms with E-state index in [0.717, 1.165) is 32.1 Å². The van der Waals surface area contributed by atoms with E-state index >= 15 is 0 Å². The summed E-state index contributed by atoms with van der Waals surface area (Å²) in [4.78, 5) is 19.1. The maximum Gasteiger partial charge on any atom is 0.244 e. The molecule has 0 saturated carbocycles. The number of rotatable bonds is 5. The average molecular weight is 412 g/mol. The van der Waals surface area contributed by atoms with Gasteiger partial charge in [-0.2, -0.15) is 4.31 Å². The van der Waals surface area contributed by atoms with Crippen LogP contribution in [0.15, 0.2) is 28.3 Å². The van der Waals surface area contributed by atoms with E-state index in [1.807, 2.05) is 4.90 Å². The highest BCUT2D eigenvalue weighted by Crippen LogP contribution is 2.26. The molecule has 1 amide bonds. The summed E-state index contributed by atoms with van der Waals surface area (Å²) in [7, 11) is -3.46. The van der Waals surface area contributed by atoms with Crippen molar-refractivity contribution in [3.05, 3.63) is 18.3 Å². The molecule has 0 N–H and O–H groups in total. The molecule has 6 nitrogen and oxygen atoms in total. The maximum absolute atomic E-state index is 12.7. The predicted octanol–water partition coefficient (Wildman–Crippen LogP) is 3.14. The number of hydrogen-bond donors (Lipinski definition) is 0. The summed E-state index contributed by atoms with van der Waals surface area (Å²) in [5, 5.41) is 0.679. The lowest BCUT2D eigenvalue weighted by atomic mass is 9.98. The van der Waals surface area contributed by atoms with Crippen molar-refractivity contribution in [3.8, 4) is 0 Å². The second-order valence-corrected chi connectivity index (χ2v) is 10.4. The number of pyridine rings is 1. The number of piperidine rings is 2. The van der Waals surface area contributed by atoms with Crippen LogP contribution in [0.1, 0.15) is 52.4 Å². The van der Waals surface area contributed by atoms with E-state index in [2.05, 4.69) is 18.8 Å². The number of nitrogens with zero attached hydrogens (tertiary/aromatic N) is 3. The fourth-order valence-corrected chi connectivity index (χ4v) is 6.16. The van der Waals surface area contributed by atoms with Gasteiger partial charge in [0.1, 0.15) is 4.90 Å². The van der Waals surface area contributed by atoms with E-state index in [9.17, 15) is 13.2 Å². The summed E-state index contributed by atoms with van der Waals surface area (Å²) < 4.78 is 26.9. The van der Waals surface area contributed by atoms with Crippen LogP contribution in [-0.4, -0.2) is 59.4 Å². The van der Waals surface area contributed by atoms with Crippen molar-refractivity contribution in [3.63, 3.8) is 0 Å². The first kappa shape index (κ1) is 20.6. The van der Waals surface area contributed by atoms with Gasteiger partial charge in [-0.3, -0.25) is 4.79 Å². The number of hydrogen-bond acceptors (Lipinski definition) is 5. The van der Waals surface area contributed by atoms with Gasteiger partial charge in [0.05, 0.1) is 10.8 Å². The van der Waals surface area contributed by atoms with E-state index in [1.165, 1.54) is 24.4 Å². The second kappa shape index (κ2) is 8.92. The van der Waals surface area contributed by atoms with Crippen LogP contribution in [-0.2, 0) is 14.8 Å². The van der Waals surface area contributed by atoms with Gasteiger partial charge in [0.2, 0.25) is 15.9 Å². The van der Waals surface area contributed by atoms with Gasteiger partial charge in [0.15, 0.2) is 0 Å². The number of carbonyl (C=O) groups is 1. The molecule has 1 aromatic rings. The van der Waals surface area contributed by atoms with Crippen LogP contribution in [0.4, 0.5) is 0 Å². The molecule has 3 rings (SSSR count). The number of likely N-dealkylation sites (tertiary alicyclic amines) is 1. The van der Waals surface area contributed by atoms with Gasteiger partial charge in [0, 0.05) is 31.4 Å². The average Bonchev–Trinajstić information content (AvgIpc) is 2.67. The van der Waals surface area contributed by atoms with Crippen LogP contribution in [0.5, 0.6) is 0 Å². The molecular formula is C19H29N3O3S2. The molecule has 0 aliphatic carbocycles. The summed E-state index contributed by atoms with van der Waals surface area (Å²) in [6.45, 7) is 5.38. The van der Waals surface area contributed by atoms with E-state index < -0.39 is 10.0 Å². The summed E-state index contributed by atoms with van der Waals surface area (Å²) in [6.07, 6.45) is 7.62. The Hall–Kier alpha value is -1.12. The Morgan fingerprint density at radius 2 is 1.78 bits per heavy atom. The van der Waals surface area contributed by atoms with Gasteiger partial charge in [-0.25, -0.2) is 13.4 Å². The Kier molecular flexibility index (Phi) is 6.81. The molecule has 0 radical (unpaired) electrons. The predicted molar refractivity (Wildman–Crippen MR) is 107 cm³/mol. The minimum atomic E-state index is -3.46. The van der Waals surface area contributed by atoms with E-state index in [4.69, 9.17) is 0 Å². The molecule has 0 aromatic carbocycles. The third-order valence-corrected chi connectivity index (χ3v) is 8.30. The van der Waals surface area contributed by atoms with Crippen LogP contribution in [0.25, 0.3) is 0 Å². The molecule has 2 saturated heterocycles. The van der Waals surface area contributed by atoms with Crippen molar-refractivity contribution in [1.82, 2.24) is 14.2 Å². The van der Waals surface area contributed by atoms with Crippen molar-refractivity contribution in [2.75, 3.05) is 18.8 Å². The van der Waals surface area contributed by atoms with Crippen molar-refractivity contribution in [1.29, 1.82) is 0 Å². The minimum Gasteiger partial charge on any atom is -0.337 e. The molecule has 0 spiro atoms. The van der Waals surface area contributed by atoms with Crippen LogP contribution in [0.2, 0.25) is 0 Å². The number of carbonyl (C=O) groups excluding carboxylic acids is 1. The van der Waals surface area contributed by atoms with Gasteiger partial charge in [0.25, 0.3) is 0 Å². The Balaban J connectivity index is 1.60. The molecule has 0 unspecified atom stereocenters. The molecule has 0 bridgehead atoms. The van der Waals surface area contributed by atoms with Gasteiger partial charge in [-0.15, -0.1) is 0 Å². The standard InChI is InChI=1S/C19H29N3O3S2/c1-15-7-6-8-16(2)22(15)19(23)14-26-18-10-9-17(13-20-18)27(24,25)21-11-4-3-5-12-21/h9-10,13,15-16H,3-8,11-12,14H2,1-2H3/t15-,16-/m0/s1. The molecule has 27 heavy (non-hydrogen) atoms. The number of sulfonamides is 1. The lowest BCUT2D eigenvalue weighted by Gasteiger charge is -2.39. The normalized spacial score (nSPS) is 24.7.